The van der Waals surface area contributed by atoms with Gasteiger partial charge in [-0.3, -0.25) is 5.32 Å². The molecule has 0 saturated carbocycles. The zero-order valence-corrected chi connectivity index (χ0v) is 12.6. The summed E-state index contributed by atoms with van der Waals surface area (Å²) in [6, 6.07) is 6.53. The van der Waals surface area contributed by atoms with Gasteiger partial charge >= 0.3 is 23.9 Å². The van der Waals surface area contributed by atoms with Crippen LogP contribution in [0.1, 0.15) is 13.8 Å². The Kier molecular flexibility index (Phi) is 6.38. The Morgan fingerprint density at radius 2 is 1.70 bits per heavy atom. The van der Waals surface area contributed by atoms with Crippen LogP contribution >= 0.6 is 0 Å². The highest BCUT2D eigenvalue weighted by Gasteiger charge is 2.64. The van der Waals surface area contributed by atoms with Gasteiger partial charge in [0.25, 0.3) is 0 Å². The third kappa shape index (κ3) is 4.59. The lowest BCUT2D eigenvalue weighted by Crippen LogP contribution is -2.67. The predicted octanol–water partition coefficient (Wildman–Crippen LogP) is 2.67. The van der Waals surface area contributed by atoms with E-state index in [1.165, 1.54) is 31.3 Å². The van der Waals surface area contributed by atoms with Crippen molar-refractivity contribution in [2.75, 3.05) is 18.5 Å². The van der Waals surface area contributed by atoms with Crippen LogP contribution in [0, 0.1) is 0 Å². The van der Waals surface area contributed by atoms with E-state index >= 15 is 0 Å². The molecule has 0 spiro atoms. The second-order valence-electron chi connectivity index (χ2n) is 4.28. The summed E-state index contributed by atoms with van der Waals surface area (Å²) in [6.45, 7) is 1.83. The number of carbonyl (C=O) groups is 2. The molecule has 0 saturated heterocycles. The predicted molar refractivity (Wildman–Crippen MR) is 75.6 cm³/mol. The van der Waals surface area contributed by atoms with Gasteiger partial charge in [0, 0.05) is 12.3 Å². The van der Waals surface area contributed by atoms with E-state index in [1.807, 2.05) is 0 Å². The molecule has 0 aliphatic heterocycles. The molecule has 6 nitrogen and oxygen atoms in total. The third-order valence-corrected chi connectivity index (χ3v) is 2.64. The minimum absolute atomic E-state index is 0.251. The molecule has 1 rings (SSSR count). The summed E-state index contributed by atoms with van der Waals surface area (Å²) < 4.78 is 49.1. The molecular formula is C14H17F3N2O4. The number of alkyl halides is 3. The van der Waals surface area contributed by atoms with Crippen LogP contribution in [-0.4, -0.2) is 37.1 Å². The summed E-state index contributed by atoms with van der Waals surface area (Å²) in [4.78, 5) is 23.6. The van der Waals surface area contributed by atoms with E-state index in [1.54, 1.807) is 18.2 Å². The fraction of sp³-hybridized carbons (Fsp3) is 0.429. The first-order valence-corrected chi connectivity index (χ1v) is 6.79. The third-order valence-electron chi connectivity index (χ3n) is 2.64. The molecule has 1 aromatic carbocycles. The zero-order chi connectivity index (χ0) is 17.5. The van der Waals surface area contributed by atoms with Crippen molar-refractivity contribution in [1.82, 2.24) is 5.32 Å². The van der Waals surface area contributed by atoms with Crippen LogP contribution in [0.15, 0.2) is 30.3 Å². The summed E-state index contributed by atoms with van der Waals surface area (Å²) in [5, 5.41) is 3.72. The second kappa shape index (κ2) is 7.82. The molecule has 0 aliphatic carbocycles. The van der Waals surface area contributed by atoms with Gasteiger partial charge in [0.1, 0.15) is 0 Å². The highest BCUT2D eigenvalue weighted by molar-refractivity contribution is 5.94. The van der Waals surface area contributed by atoms with Gasteiger partial charge in [-0.2, -0.15) is 13.2 Å². The Bertz CT molecular complexity index is 537. The Balaban J connectivity index is 3.03. The summed E-state index contributed by atoms with van der Waals surface area (Å²) in [7, 11) is 0. The van der Waals surface area contributed by atoms with Crippen molar-refractivity contribution in [2.45, 2.75) is 25.7 Å². The number of amides is 2. The van der Waals surface area contributed by atoms with Crippen molar-refractivity contribution in [3.05, 3.63) is 30.3 Å². The summed E-state index contributed by atoms with van der Waals surface area (Å²) in [5.74, 6) is -1.74. The molecule has 0 radical (unpaired) electrons. The molecule has 0 fully saturated rings. The van der Waals surface area contributed by atoms with E-state index in [-0.39, 0.29) is 12.3 Å². The van der Waals surface area contributed by atoms with Crippen molar-refractivity contribution in [1.29, 1.82) is 0 Å². The minimum Gasteiger partial charge on any atom is -0.462 e. The van der Waals surface area contributed by atoms with E-state index in [0.29, 0.717) is 0 Å². The van der Waals surface area contributed by atoms with Gasteiger partial charge in [-0.25, -0.2) is 9.59 Å². The van der Waals surface area contributed by atoms with Crippen LogP contribution in [0.3, 0.4) is 0 Å². The molecule has 1 atom stereocenters. The van der Waals surface area contributed by atoms with Crippen molar-refractivity contribution < 1.29 is 32.2 Å². The lowest BCUT2D eigenvalue weighted by molar-refractivity contribution is -0.282. The quantitative estimate of drug-likeness (QED) is 0.619. The highest BCUT2D eigenvalue weighted by Crippen LogP contribution is 2.33. The largest absolute Gasteiger partial charge is 0.462 e. The highest BCUT2D eigenvalue weighted by atomic mass is 19.4. The number of hydrogen-bond donors (Lipinski definition) is 2. The number of carbonyl (C=O) groups excluding carboxylic acids is 2. The van der Waals surface area contributed by atoms with E-state index in [9.17, 15) is 22.8 Å². The fourth-order valence-electron chi connectivity index (χ4n) is 1.71. The Morgan fingerprint density at radius 3 is 2.17 bits per heavy atom. The molecule has 23 heavy (non-hydrogen) atoms. The van der Waals surface area contributed by atoms with Crippen molar-refractivity contribution in [3.8, 4) is 0 Å². The number of rotatable bonds is 6. The zero-order valence-electron chi connectivity index (χ0n) is 12.6. The number of urea groups is 1. The molecular weight excluding hydrogens is 317 g/mol. The summed E-state index contributed by atoms with van der Waals surface area (Å²) >= 11 is 0. The van der Waals surface area contributed by atoms with Crippen LogP contribution < -0.4 is 10.6 Å². The number of hydrogen-bond acceptors (Lipinski definition) is 4. The molecule has 2 amide bonds. The summed E-state index contributed by atoms with van der Waals surface area (Å²) in [5.41, 5.74) is -3.32. The van der Waals surface area contributed by atoms with Crippen molar-refractivity contribution >= 4 is 17.7 Å². The van der Waals surface area contributed by atoms with Gasteiger partial charge in [0.15, 0.2) is 0 Å². The second-order valence-corrected chi connectivity index (χ2v) is 4.28. The van der Waals surface area contributed by atoms with Crippen LogP contribution in [-0.2, 0) is 14.3 Å². The maximum atomic E-state index is 13.4. The average molecular weight is 334 g/mol. The Hall–Kier alpha value is -2.29. The van der Waals surface area contributed by atoms with E-state index in [0.717, 1.165) is 0 Å². The number of ether oxygens (including phenoxy) is 2. The molecule has 9 heteroatoms. The van der Waals surface area contributed by atoms with Gasteiger partial charge in [0.05, 0.1) is 6.61 Å². The Labute approximate surface area is 130 Å². The number of nitrogens with one attached hydrogen (secondary N) is 2. The number of benzene rings is 1. The topological polar surface area (TPSA) is 76.7 Å². The number of para-hydroxylation sites is 1. The smallest absolute Gasteiger partial charge is 0.448 e. The molecule has 0 aromatic heterocycles. The van der Waals surface area contributed by atoms with E-state index < -0.39 is 30.5 Å². The Morgan fingerprint density at radius 1 is 1.09 bits per heavy atom. The lowest BCUT2D eigenvalue weighted by atomic mass is 10.2. The van der Waals surface area contributed by atoms with Crippen LogP contribution in [0.25, 0.3) is 0 Å². The first-order chi connectivity index (χ1) is 10.8. The SMILES string of the molecule is CCOC(=O)[C@](NC(=O)Nc1ccccc1)(OCC)C(F)(F)F. The van der Waals surface area contributed by atoms with Gasteiger partial charge in [-0.05, 0) is 26.0 Å². The van der Waals surface area contributed by atoms with Crippen molar-refractivity contribution in [3.63, 3.8) is 0 Å². The monoisotopic (exact) mass is 334 g/mol. The number of halogens is 3. The maximum Gasteiger partial charge on any atom is 0.448 e. The molecule has 128 valence electrons. The first-order valence-electron chi connectivity index (χ1n) is 6.79. The molecule has 0 bridgehead atoms. The molecule has 0 aliphatic rings. The molecule has 0 unspecified atom stereocenters. The molecule has 1 aromatic rings. The normalized spacial score (nSPS) is 13.8. The van der Waals surface area contributed by atoms with Crippen LogP contribution in [0.5, 0.6) is 0 Å². The fourth-order valence-corrected chi connectivity index (χ4v) is 1.71. The standard InChI is InChI=1S/C14H17F3N2O4/c1-3-22-11(20)13(23-4-2,14(15,16)17)19-12(21)18-10-8-6-5-7-9-10/h5-9H,3-4H2,1-2H3,(H2,18,19,21)/t13-/m0/s1. The van der Waals surface area contributed by atoms with Gasteiger partial charge in [0.2, 0.25) is 0 Å². The maximum absolute atomic E-state index is 13.4. The molecule has 2 N–H and O–H groups in total. The molecule has 0 heterocycles. The van der Waals surface area contributed by atoms with Gasteiger partial charge < -0.3 is 14.8 Å². The number of anilines is 1. The van der Waals surface area contributed by atoms with E-state index in [4.69, 9.17) is 0 Å². The van der Waals surface area contributed by atoms with Crippen LogP contribution in [0.2, 0.25) is 0 Å². The first kappa shape index (κ1) is 18.8. The van der Waals surface area contributed by atoms with Crippen molar-refractivity contribution in [2.24, 2.45) is 0 Å². The summed E-state index contributed by atoms with van der Waals surface area (Å²) in [6.07, 6.45) is -5.21. The van der Waals surface area contributed by atoms with Gasteiger partial charge in [-0.1, -0.05) is 18.2 Å². The van der Waals surface area contributed by atoms with E-state index in [2.05, 4.69) is 14.8 Å². The number of esters is 1. The van der Waals surface area contributed by atoms with Crippen LogP contribution in [0.4, 0.5) is 23.7 Å². The van der Waals surface area contributed by atoms with Gasteiger partial charge in [-0.15, -0.1) is 0 Å². The average Bonchev–Trinajstić information content (AvgIpc) is 2.46. The lowest BCUT2D eigenvalue weighted by Gasteiger charge is -2.33. The minimum atomic E-state index is -5.21.